The molecule has 0 spiro atoms. The minimum atomic E-state index is -0.453. The molecule has 0 radical (unpaired) electrons. The smallest absolute Gasteiger partial charge is 0.250 e. The lowest BCUT2D eigenvalue weighted by molar-refractivity contribution is 0.100. The van der Waals surface area contributed by atoms with Gasteiger partial charge in [-0.1, -0.05) is 0 Å². The second kappa shape index (κ2) is 2.85. The van der Waals surface area contributed by atoms with Crippen LogP contribution >= 0.6 is 15.9 Å². The average molecular weight is 240 g/mol. The average Bonchev–Trinajstić information content (AvgIpc) is 2.48. The molecule has 2 aromatic rings. The molecule has 0 saturated carbocycles. The van der Waals surface area contributed by atoms with Crippen molar-refractivity contribution in [3.8, 4) is 0 Å². The van der Waals surface area contributed by atoms with Gasteiger partial charge in [-0.25, -0.2) is 0 Å². The molecule has 0 aliphatic carbocycles. The minimum Gasteiger partial charge on any atom is -0.366 e. The Hall–Kier alpha value is -1.36. The van der Waals surface area contributed by atoms with Gasteiger partial charge in [0.15, 0.2) is 0 Å². The molecule has 0 atom stereocenters. The van der Waals surface area contributed by atoms with Gasteiger partial charge in [0.1, 0.15) is 0 Å². The number of carbonyl (C=O) groups excluding carboxylic acids is 1. The van der Waals surface area contributed by atoms with E-state index in [0.29, 0.717) is 5.56 Å². The van der Waals surface area contributed by atoms with Crippen molar-refractivity contribution in [1.82, 2.24) is 9.97 Å². The SMILES string of the molecule is NC(=O)c1c[nH]c2c(Br)cncc12. The van der Waals surface area contributed by atoms with Crippen LogP contribution in [0, 0.1) is 0 Å². The lowest BCUT2D eigenvalue weighted by Crippen LogP contribution is -2.09. The van der Waals surface area contributed by atoms with Crippen LogP contribution in [-0.2, 0) is 0 Å². The van der Waals surface area contributed by atoms with Crippen molar-refractivity contribution < 1.29 is 4.79 Å². The summed E-state index contributed by atoms with van der Waals surface area (Å²) in [4.78, 5) is 17.8. The van der Waals surface area contributed by atoms with E-state index in [0.717, 1.165) is 15.4 Å². The summed E-state index contributed by atoms with van der Waals surface area (Å²) < 4.78 is 0.817. The Labute approximate surface area is 82.3 Å². The molecule has 0 aliphatic rings. The standard InChI is InChI=1S/C8H6BrN3O/c9-6-3-11-1-4-5(8(10)13)2-12-7(4)6/h1-3,12H,(H2,10,13). The number of halogens is 1. The Balaban J connectivity index is 2.83. The van der Waals surface area contributed by atoms with Crippen molar-refractivity contribution in [1.29, 1.82) is 0 Å². The first kappa shape index (κ1) is 8.25. The molecule has 5 heteroatoms. The van der Waals surface area contributed by atoms with Crippen LogP contribution in [0.5, 0.6) is 0 Å². The number of amides is 1. The van der Waals surface area contributed by atoms with Crippen LogP contribution in [0.3, 0.4) is 0 Å². The van der Waals surface area contributed by atoms with Gasteiger partial charge in [-0.3, -0.25) is 9.78 Å². The third-order valence-electron chi connectivity index (χ3n) is 1.82. The molecule has 0 fully saturated rings. The largest absolute Gasteiger partial charge is 0.366 e. The third kappa shape index (κ3) is 1.21. The maximum absolute atomic E-state index is 10.9. The van der Waals surface area contributed by atoms with E-state index in [9.17, 15) is 4.79 Å². The van der Waals surface area contributed by atoms with Gasteiger partial charge < -0.3 is 10.7 Å². The number of hydrogen-bond acceptors (Lipinski definition) is 2. The second-order valence-corrected chi connectivity index (χ2v) is 3.46. The zero-order valence-corrected chi connectivity index (χ0v) is 8.13. The fourth-order valence-corrected chi connectivity index (χ4v) is 1.66. The molecule has 0 unspecified atom stereocenters. The molecule has 4 nitrogen and oxygen atoms in total. The number of aromatic amines is 1. The van der Waals surface area contributed by atoms with E-state index in [1.165, 1.54) is 0 Å². The number of fused-ring (bicyclic) bond motifs is 1. The van der Waals surface area contributed by atoms with Crippen LogP contribution in [0.1, 0.15) is 10.4 Å². The molecule has 2 aromatic heterocycles. The number of H-pyrrole nitrogens is 1. The van der Waals surface area contributed by atoms with E-state index < -0.39 is 5.91 Å². The summed E-state index contributed by atoms with van der Waals surface area (Å²) in [5, 5.41) is 0.738. The molecule has 0 saturated heterocycles. The number of hydrogen-bond donors (Lipinski definition) is 2. The predicted octanol–water partition coefficient (Wildman–Crippen LogP) is 1.42. The molecule has 2 rings (SSSR count). The Morgan fingerprint density at radius 1 is 1.54 bits per heavy atom. The van der Waals surface area contributed by atoms with Crippen molar-refractivity contribution in [2.75, 3.05) is 0 Å². The monoisotopic (exact) mass is 239 g/mol. The van der Waals surface area contributed by atoms with Gasteiger partial charge in [-0.2, -0.15) is 0 Å². The van der Waals surface area contributed by atoms with E-state index in [2.05, 4.69) is 25.9 Å². The quantitative estimate of drug-likeness (QED) is 0.791. The highest BCUT2D eigenvalue weighted by Crippen LogP contribution is 2.23. The molecule has 0 bridgehead atoms. The lowest BCUT2D eigenvalue weighted by Gasteiger charge is -1.93. The molecule has 13 heavy (non-hydrogen) atoms. The summed E-state index contributed by atoms with van der Waals surface area (Å²) in [5.74, 6) is -0.453. The van der Waals surface area contributed by atoms with E-state index >= 15 is 0 Å². The number of carbonyl (C=O) groups is 1. The van der Waals surface area contributed by atoms with Crippen molar-refractivity contribution in [2.24, 2.45) is 5.73 Å². The third-order valence-corrected chi connectivity index (χ3v) is 2.42. The van der Waals surface area contributed by atoms with Gasteiger partial charge in [0.25, 0.3) is 5.91 Å². The van der Waals surface area contributed by atoms with Crippen molar-refractivity contribution >= 4 is 32.7 Å². The Morgan fingerprint density at radius 2 is 2.31 bits per heavy atom. The fraction of sp³-hybridized carbons (Fsp3) is 0. The maximum Gasteiger partial charge on any atom is 0.250 e. The van der Waals surface area contributed by atoms with Gasteiger partial charge in [0.2, 0.25) is 0 Å². The first-order valence-corrected chi connectivity index (χ1v) is 4.40. The first-order chi connectivity index (χ1) is 6.20. The highest BCUT2D eigenvalue weighted by atomic mass is 79.9. The topological polar surface area (TPSA) is 71.8 Å². The molecule has 1 amide bonds. The number of nitrogens with zero attached hydrogens (tertiary/aromatic N) is 1. The van der Waals surface area contributed by atoms with Crippen LogP contribution in [0.25, 0.3) is 10.9 Å². The highest BCUT2D eigenvalue weighted by molar-refractivity contribution is 9.10. The first-order valence-electron chi connectivity index (χ1n) is 3.60. The molecule has 3 N–H and O–H groups in total. The van der Waals surface area contributed by atoms with Crippen LogP contribution in [-0.4, -0.2) is 15.9 Å². The van der Waals surface area contributed by atoms with E-state index in [4.69, 9.17) is 5.73 Å². The molecule has 0 aromatic carbocycles. The Kier molecular flexibility index (Phi) is 1.81. The van der Waals surface area contributed by atoms with Gasteiger partial charge in [-0.05, 0) is 15.9 Å². The summed E-state index contributed by atoms with van der Waals surface area (Å²) in [6.45, 7) is 0. The summed E-state index contributed by atoms with van der Waals surface area (Å²) in [6, 6.07) is 0. The van der Waals surface area contributed by atoms with Crippen LogP contribution < -0.4 is 5.73 Å². The van der Waals surface area contributed by atoms with E-state index in [1.54, 1.807) is 18.6 Å². The van der Waals surface area contributed by atoms with Crippen LogP contribution in [0.15, 0.2) is 23.1 Å². The number of aromatic nitrogens is 2. The zero-order chi connectivity index (χ0) is 9.42. The molecule has 2 heterocycles. The second-order valence-electron chi connectivity index (χ2n) is 2.61. The van der Waals surface area contributed by atoms with Gasteiger partial charge in [0, 0.05) is 24.0 Å². The zero-order valence-electron chi connectivity index (χ0n) is 6.54. The van der Waals surface area contributed by atoms with Gasteiger partial charge >= 0.3 is 0 Å². The number of rotatable bonds is 1. The van der Waals surface area contributed by atoms with Gasteiger partial charge in [-0.15, -0.1) is 0 Å². The molecule has 0 aliphatic heterocycles. The van der Waals surface area contributed by atoms with Crippen molar-refractivity contribution in [3.05, 3.63) is 28.6 Å². The summed E-state index contributed by atoms with van der Waals surface area (Å²) in [6.07, 6.45) is 4.85. The molecule has 66 valence electrons. The van der Waals surface area contributed by atoms with Crippen molar-refractivity contribution in [3.63, 3.8) is 0 Å². The molecular weight excluding hydrogens is 234 g/mol. The van der Waals surface area contributed by atoms with Crippen molar-refractivity contribution in [2.45, 2.75) is 0 Å². The number of nitrogens with one attached hydrogen (secondary N) is 1. The van der Waals surface area contributed by atoms with Crippen LogP contribution in [0.4, 0.5) is 0 Å². The summed E-state index contributed by atoms with van der Waals surface area (Å²) >= 11 is 3.31. The minimum absolute atomic E-state index is 0.453. The summed E-state index contributed by atoms with van der Waals surface area (Å²) in [7, 11) is 0. The fourth-order valence-electron chi connectivity index (χ4n) is 1.21. The number of nitrogens with two attached hydrogens (primary N) is 1. The highest BCUT2D eigenvalue weighted by Gasteiger charge is 2.09. The number of pyridine rings is 1. The Morgan fingerprint density at radius 3 is 3.00 bits per heavy atom. The molecular formula is C8H6BrN3O. The maximum atomic E-state index is 10.9. The van der Waals surface area contributed by atoms with E-state index in [1.807, 2.05) is 0 Å². The summed E-state index contributed by atoms with van der Waals surface area (Å²) in [5.41, 5.74) is 6.47. The normalized spacial score (nSPS) is 10.5. The van der Waals surface area contributed by atoms with Gasteiger partial charge in [0.05, 0.1) is 15.6 Å². The van der Waals surface area contributed by atoms with E-state index in [-0.39, 0.29) is 0 Å². The lowest BCUT2D eigenvalue weighted by atomic mass is 10.2. The number of primary amides is 1. The Bertz CT molecular complexity index is 477. The predicted molar refractivity (Wildman–Crippen MR) is 52.3 cm³/mol. The van der Waals surface area contributed by atoms with Crippen LogP contribution in [0.2, 0.25) is 0 Å².